The number of hydrogen-bond acceptors (Lipinski definition) is 4. The Bertz CT molecular complexity index is 1330. The standard InChI is InChI=1S/C26H23FN4O2S/c1-32-17-12-13-21(23(16-17)33-2)31-25(24(29-26(31)34)19-9-5-6-14-28-19)22-11-7-15-30(22)20-10-4-3-8-18(20)27/h3-16,24-25H,1-2H3,(H,29,34). The molecule has 1 aliphatic heterocycles. The Morgan fingerprint density at radius 2 is 1.76 bits per heavy atom. The number of thiocarbonyl (C=S) groups is 1. The Hall–Kier alpha value is -3.91. The van der Waals surface area contributed by atoms with Crippen LogP contribution < -0.4 is 19.7 Å². The molecule has 1 saturated heterocycles. The Kier molecular flexibility index (Phi) is 5.90. The summed E-state index contributed by atoms with van der Waals surface area (Å²) < 4.78 is 27.7. The minimum atomic E-state index is -0.334. The summed E-state index contributed by atoms with van der Waals surface area (Å²) in [6.45, 7) is 0. The fourth-order valence-electron chi connectivity index (χ4n) is 4.40. The van der Waals surface area contributed by atoms with Crippen LogP contribution >= 0.6 is 12.2 Å². The topological polar surface area (TPSA) is 51.5 Å². The van der Waals surface area contributed by atoms with E-state index in [-0.39, 0.29) is 17.9 Å². The third-order valence-corrected chi connectivity index (χ3v) is 6.25. The minimum absolute atomic E-state index is 0.277. The van der Waals surface area contributed by atoms with E-state index in [1.807, 2.05) is 70.3 Å². The molecule has 2 aromatic carbocycles. The van der Waals surface area contributed by atoms with Gasteiger partial charge in [0, 0.05) is 24.2 Å². The van der Waals surface area contributed by atoms with Crippen LogP contribution in [-0.2, 0) is 0 Å². The van der Waals surface area contributed by atoms with Crippen molar-refractivity contribution in [3.05, 3.63) is 102 Å². The minimum Gasteiger partial charge on any atom is -0.497 e. The second kappa shape index (κ2) is 9.15. The van der Waals surface area contributed by atoms with Gasteiger partial charge in [0.1, 0.15) is 23.4 Å². The number of ether oxygens (including phenoxy) is 2. The second-order valence-electron chi connectivity index (χ2n) is 7.79. The quantitative estimate of drug-likeness (QED) is 0.388. The van der Waals surface area contributed by atoms with E-state index in [1.165, 1.54) is 6.07 Å². The maximum atomic E-state index is 14.8. The smallest absolute Gasteiger partial charge is 0.174 e. The van der Waals surface area contributed by atoms with Crippen LogP contribution in [-0.4, -0.2) is 28.9 Å². The van der Waals surface area contributed by atoms with Crippen molar-refractivity contribution in [2.45, 2.75) is 12.1 Å². The number of methoxy groups -OCH3 is 2. The molecular formula is C26H23FN4O2S. The molecule has 5 rings (SSSR count). The average Bonchev–Trinajstić information content (AvgIpc) is 3.48. The van der Waals surface area contributed by atoms with Crippen molar-refractivity contribution in [3.8, 4) is 17.2 Å². The molecule has 2 aromatic heterocycles. The molecule has 0 bridgehead atoms. The van der Waals surface area contributed by atoms with Crippen LogP contribution in [0.5, 0.6) is 11.5 Å². The molecule has 3 heterocycles. The van der Waals surface area contributed by atoms with Gasteiger partial charge in [-0.25, -0.2) is 4.39 Å². The van der Waals surface area contributed by atoms with Gasteiger partial charge in [-0.15, -0.1) is 0 Å². The molecule has 34 heavy (non-hydrogen) atoms. The van der Waals surface area contributed by atoms with Gasteiger partial charge in [-0.3, -0.25) is 4.98 Å². The van der Waals surface area contributed by atoms with E-state index < -0.39 is 0 Å². The molecular weight excluding hydrogens is 451 g/mol. The lowest BCUT2D eigenvalue weighted by Crippen LogP contribution is -2.30. The maximum absolute atomic E-state index is 14.8. The van der Waals surface area contributed by atoms with Crippen molar-refractivity contribution in [2.24, 2.45) is 0 Å². The Balaban J connectivity index is 1.70. The van der Waals surface area contributed by atoms with Gasteiger partial charge in [-0.05, 0) is 60.7 Å². The zero-order valence-corrected chi connectivity index (χ0v) is 19.5. The van der Waals surface area contributed by atoms with E-state index in [0.29, 0.717) is 22.3 Å². The number of nitrogens with zero attached hydrogens (tertiary/aromatic N) is 3. The van der Waals surface area contributed by atoms with Gasteiger partial charge in [0.05, 0.1) is 37.3 Å². The lowest BCUT2D eigenvalue weighted by atomic mass is 10.0. The number of halogens is 1. The van der Waals surface area contributed by atoms with Gasteiger partial charge in [0.15, 0.2) is 5.11 Å². The average molecular weight is 475 g/mol. The third-order valence-electron chi connectivity index (χ3n) is 5.94. The lowest BCUT2D eigenvalue weighted by Gasteiger charge is -2.30. The van der Waals surface area contributed by atoms with E-state index in [0.717, 1.165) is 17.1 Å². The van der Waals surface area contributed by atoms with E-state index in [2.05, 4.69) is 10.3 Å². The van der Waals surface area contributed by atoms with Crippen LogP contribution in [0, 0.1) is 5.82 Å². The SMILES string of the molecule is COc1ccc(N2C(=S)NC(c3ccccn3)C2c2cccn2-c2ccccc2F)c(OC)c1. The van der Waals surface area contributed by atoms with Crippen molar-refractivity contribution in [1.82, 2.24) is 14.9 Å². The largest absolute Gasteiger partial charge is 0.497 e. The number of benzene rings is 2. The molecule has 8 heteroatoms. The molecule has 0 aliphatic carbocycles. The normalized spacial score (nSPS) is 17.5. The van der Waals surface area contributed by atoms with Crippen LogP contribution in [0.4, 0.5) is 10.1 Å². The number of hydrogen-bond donors (Lipinski definition) is 1. The summed E-state index contributed by atoms with van der Waals surface area (Å²) in [5.41, 5.74) is 2.91. The van der Waals surface area contributed by atoms with E-state index in [9.17, 15) is 4.39 Å². The first-order valence-corrected chi connectivity index (χ1v) is 11.2. The van der Waals surface area contributed by atoms with E-state index in [1.54, 1.807) is 32.5 Å². The van der Waals surface area contributed by atoms with Gasteiger partial charge in [-0.1, -0.05) is 18.2 Å². The second-order valence-corrected chi connectivity index (χ2v) is 8.18. The molecule has 1 fully saturated rings. The summed E-state index contributed by atoms with van der Waals surface area (Å²) in [5, 5.41) is 3.95. The molecule has 0 amide bonds. The summed E-state index contributed by atoms with van der Waals surface area (Å²) in [7, 11) is 3.22. The fraction of sp³-hybridized carbons (Fsp3) is 0.154. The first kappa shape index (κ1) is 21.9. The van der Waals surface area contributed by atoms with Crippen LogP contribution in [0.3, 0.4) is 0 Å². The molecule has 6 nitrogen and oxygen atoms in total. The number of para-hydroxylation sites is 1. The van der Waals surface area contributed by atoms with Crippen molar-refractivity contribution in [2.75, 3.05) is 19.1 Å². The first-order chi connectivity index (χ1) is 16.6. The Labute approximate surface area is 202 Å². The van der Waals surface area contributed by atoms with Crippen molar-refractivity contribution in [3.63, 3.8) is 0 Å². The molecule has 1 N–H and O–H groups in total. The predicted molar refractivity (Wildman–Crippen MR) is 133 cm³/mol. The zero-order chi connectivity index (χ0) is 23.7. The molecule has 4 aromatic rings. The van der Waals surface area contributed by atoms with Crippen LogP contribution in [0.25, 0.3) is 5.69 Å². The van der Waals surface area contributed by atoms with Crippen molar-refractivity contribution in [1.29, 1.82) is 0 Å². The predicted octanol–water partition coefficient (Wildman–Crippen LogP) is 5.21. The summed E-state index contributed by atoms with van der Waals surface area (Å²) in [6.07, 6.45) is 3.61. The monoisotopic (exact) mass is 474 g/mol. The third kappa shape index (κ3) is 3.76. The Morgan fingerprint density at radius 3 is 2.50 bits per heavy atom. The van der Waals surface area contributed by atoms with Crippen LogP contribution in [0.2, 0.25) is 0 Å². The highest BCUT2D eigenvalue weighted by Gasteiger charge is 2.43. The highest BCUT2D eigenvalue weighted by molar-refractivity contribution is 7.80. The van der Waals surface area contributed by atoms with Crippen LogP contribution in [0.15, 0.2) is 85.2 Å². The number of nitrogens with one attached hydrogen (secondary N) is 1. The van der Waals surface area contributed by atoms with Crippen molar-refractivity contribution < 1.29 is 13.9 Å². The highest BCUT2D eigenvalue weighted by atomic mass is 32.1. The van der Waals surface area contributed by atoms with Crippen molar-refractivity contribution >= 4 is 23.0 Å². The van der Waals surface area contributed by atoms with Gasteiger partial charge in [0.2, 0.25) is 0 Å². The molecule has 0 spiro atoms. The van der Waals surface area contributed by atoms with Gasteiger partial charge in [-0.2, -0.15) is 0 Å². The van der Waals surface area contributed by atoms with Crippen LogP contribution in [0.1, 0.15) is 23.5 Å². The molecule has 2 atom stereocenters. The number of rotatable bonds is 6. The molecule has 172 valence electrons. The lowest BCUT2D eigenvalue weighted by molar-refractivity contribution is 0.394. The summed E-state index contributed by atoms with van der Waals surface area (Å²) in [4.78, 5) is 6.59. The molecule has 0 saturated carbocycles. The fourth-order valence-corrected chi connectivity index (χ4v) is 4.74. The first-order valence-electron chi connectivity index (χ1n) is 10.8. The number of aromatic nitrogens is 2. The van der Waals surface area contributed by atoms with Gasteiger partial charge >= 0.3 is 0 Å². The molecule has 2 unspecified atom stereocenters. The highest BCUT2D eigenvalue weighted by Crippen LogP contribution is 2.45. The summed E-state index contributed by atoms with van der Waals surface area (Å²) in [6, 6.07) is 21.3. The van der Waals surface area contributed by atoms with E-state index >= 15 is 0 Å². The Morgan fingerprint density at radius 1 is 0.941 bits per heavy atom. The number of anilines is 1. The number of pyridine rings is 1. The summed E-state index contributed by atoms with van der Waals surface area (Å²) >= 11 is 5.82. The van der Waals surface area contributed by atoms with Gasteiger partial charge < -0.3 is 24.3 Å². The maximum Gasteiger partial charge on any atom is 0.174 e. The summed E-state index contributed by atoms with van der Waals surface area (Å²) in [5.74, 6) is 0.974. The van der Waals surface area contributed by atoms with E-state index in [4.69, 9.17) is 21.7 Å². The molecule has 1 aliphatic rings. The molecule has 0 radical (unpaired) electrons. The van der Waals surface area contributed by atoms with Gasteiger partial charge in [0.25, 0.3) is 0 Å². The zero-order valence-electron chi connectivity index (χ0n) is 18.7.